The van der Waals surface area contributed by atoms with Gasteiger partial charge in [-0.25, -0.2) is 14.1 Å². The Kier molecular flexibility index (Phi) is 4.63. The zero-order chi connectivity index (χ0) is 19.8. The SMILES string of the molecule is C[C@H](Sc1nc(C2CC2)n(-c2ccccc2)n1)c1nnc(-c2ccc(F)cc2)o1. The highest BCUT2D eigenvalue weighted by Gasteiger charge is 2.31. The molecule has 0 radical (unpaired) electrons. The molecular weight excluding hydrogens is 389 g/mol. The van der Waals surface area contributed by atoms with Gasteiger partial charge in [0.2, 0.25) is 16.9 Å². The first kappa shape index (κ1) is 18.1. The van der Waals surface area contributed by atoms with E-state index in [1.807, 2.05) is 41.9 Å². The van der Waals surface area contributed by atoms with Gasteiger partial charge in [0.15, 0.2) is 0 Å². The summed E-state index contributed by atoms with van der Waals surface area (Å²) in [6, 6.07) is 16.0. The lowest BCUT2D eigenvalue weighted by atomic mass is 10.2. The zero-order valence-electron chi connectivity index (χ0n) is 15.7. The van der Waals surface area contributed by atoms with Crippen LogP contribution in [0.1, 0.15) is 42.6 Å². The van der Waals surface area contributed by atoms with E-state index in [2.05, 4.69) is 10.2 Å². The zero-order valence-corrected chi connectivity index (χ0v) is 16.5. The van der Waals surface area contributed by atoms with Crippen molar-refractivity contribution in [3.63, 3.8) is 0 Å². The fourth-order valence-electron chi connectivity index (χ4n) is 3.04. The van der Waals surface area contributed by atoms with Crippen molar-refractivity contribution in [1.82, 2.24) is 25.0 Å². The second-order valence-corrected chi connectivity index (χ2v) is 8.29. The van der Waals surface area contributed by atoms with Gasteiger partial charge in [0.1, 0.15) is 11.6 Å². The van der Waals surface area contributed by atoms with Crippen molar-refractivity contribution in [2.75, 3.05) is 0 Å². The molecule has 0 spiro atoms. The molecule has 0 unspecified atom stereocenters. The normalized spacial score (nSPS) is 14.8. The molecule has 29 heavy (non-hydrogen) atoms. The third-order valence-electron chi connectivity index (χ3n) is 4.72. The molecule has 1 aliphatic rings. The van der Waals surface area contributed by atoms with Crippen LogP contribution in [0, 0.1) is 5.82 Å². The van der Waals surface area contributed by atoms with Gasteiger partial charge in [0.05, 0.1) is 10.9 Å². The minimum Gasteiger partial charge on any atom is -0.419 e. The van der Waals surface area contributed by atoms with E-state index in [9.17, 15) is 4.39 Å². The van der Waals surface area contributed by atoms with Crippen LogP contribution in [0.25, 0.3) is 17.1 Å². The Balaban J connectivity index is 1.37. The molecule has 2 aromatic carbocycles. The summed E-state index contributed by atoms with van der Waals surface area (Å²) in [5.41, 5.74) is 1.70. The molecule has 2 heterocycles. The molecule has 0 bridgehead atoms. The first-order valence-corrected chi connectivity index (χ1v) is 10.3. The van der Waals surface area contributed by atoms with Gasteiger partial charge in [-0.2, -0.15) is 0 Å². The van der Waals surface area contributed by atoms with Gasteiger partial charge in [0.25, 0.3) is 0 Å². The second-order valence-electron chi connectivity index (χ2n) is 6.99. The number of rotatable bonds is 6. The van der Waals surface area contributed by atoms with Gasteiger partial charge in [0, 0.05) is 11.5 Å². The molecular formula is C21H18FN5OS. The molecule has 0 N–H and O–H groups in total. The summed E-state index contributed by atoms with van der Waals surface area (Å²) in [6.07, 6.45) is 2.30. The van der Waals surface area contributed by atoms with Crippen LogP contribution >= 0.6 is 11.8 Å². The van der Waals surface area contributed by atoms with Crippen LogP contribution in [-0.4, -0.2) is 25.0 Å². The number of thioether (sulfide) groups is 1. The van der Waals surface area contributed by atoms with Crippen LogP contribution in [-0.2, 0) is 0 Å². The maximum atomic E-state index is 13.1. The Labute approximate surface area is 171 Å². The summed E-state index contributed by atoms with van der Waals surface area (Å²) < 4.78 is 20.8. The van der Waals surface area contributed by atoms with Crippen molar-refractivity contribution in [3.8, 4) is 17.1 Å². The fraction of sp³-hybridized carbons (Fsp3) is 0.238. The largest absolute Gasteiger partial charge is 0.419 e. The van der Waals surface area contributed by atoms with Crippen LogP contribution < -0.4 is 0 Å². The highest BCUT2D eigenvalue weighted by molar-refractivity contribution is 7.99. The summed E-state index contributed by atoms with van der Waals surface area (Å²) in [4.78, 5) is 4.77. The van der Waals surface area contributed by atoms with E-state index < -0.39 is 0 Å². The van der Waals surface area contributed by atoms with E-state index >= 15 is 0 Å². The smallest absolute Gasteiger partial charge is 0.247 e. The molecule has 6 nitrogen and oxygen atoms in total. The second kappa shape index (κ2) is 7.44. The van der Waals surface area contributed by atoms with Crippen molar-refractivity contribution >= 4 is 11.8 Å². The number of aromatic nitrogens is 5. The maximum Gasteiger partial charge on any atom is 0.247 e. The lowest BCUT2D eigenvalue weighted by Gasteiger charge is -2.04. The average molecular weight is 407 g/mol. The number of nitrogens with zero attached hydrogens (tertiary/aromatic N) is 5. The van der Waals surface area contributed by atoms with Crippen LogP contribution in [0.15, 0.2) is 64.2 Å². The molecule has 0 aliphatic heterocycles. The Morgan fingerprint density at radius 1 is 1.07 bits per heavy atom. The summed E-state index contributed by atoms with van der Waals surface area (Å²) in [5.74, 6) is 2.03. The predicted octanol–water partition coefficient (Wildman–Crippen LogP) is 5.19. The summed E-state index contributed by atoms with van der Waals surface area (Å²) >= 11 is 1.48. The van der Waals surface area contributed by atoms with Crippen molar-refractivity contribution < 1.29 is 8.81 Å². The molecule has 1 fully saturated rings. The molecule has 8 heteroatoms. The van der Waals surface area contributed by atoms with Crippen molar-refractivity contribution in [1.29, 1.82) is 0 Å². The van der Waals surface area contributed by atoms with Gasteiger partial charge < -0.3 is 4.42 Å². The van der Waals surface area contributed by atoms with Gasteiger partial charge in [-0.15, -0.1) is 15.3 Å². The summed E-state index contributed by atoms with van der Waals surface area (Å²) in [5, 5.41) is 13.5. The van der Waals surface area contributed by atoms with Crippen LogP contribution in [0.3, 0.4) is 0 Å². The molecule has 1 saturated carbocycles. The number of halogens is 1. The Bertz CT molecular complexity index is 1120. The first-order valence-electron chi connectivity index (χ1n) is 9.46. The lowest BCUT2D eigenvalue weighted by Crippen LogP contribution is -2.01. The van der Waals surface area contributed by atoms with Crippen LogP contribution in [0.4, 0.5) is 4.39 Å². The maximum absolute atomic E-state index is 13.1. The van der Waals surface area contributed by atoms with E-state index in [4.69, 9.17) is 14.5 Å². The molecule has 5 rings (SSSR count). The minimum absolute atomic E-state index is 0.115. The third kappa shape index (κ3) is 3.80. The molecule has 1 aliphatic carbocycles. The molecule has 0 saturated heterocycles. The van der Waals surface area contributed by atoms with E-state index in [1.165, 1.54) is 23.9 Å². The Morgan fingerprint density at radius 2 is 1.83 bits per heavy atom. The Morgan fingerprint density at radius 3 is 2.55 bits per heavy atom. The first-order chi connectivity index (χ1) is 14.2. The lowest BCUT2D eigenvalue weighted by molar-refractivity contribution is 0.509. The van der Waals surface area contributed by atoms with Crippen molar-refractivity contribution in [2.45, 2.75) is 36.1 Å². The van der Waals surface area contributed by atoms with Gasteiger partial charge in [-0.3, -0.25) is 0 Å². The molecule has 0 amide bonds. The van der Waals surface area contributed by atoms with Crippen molar-refractivity contribution in [3.05, 3.63) is 72.1 Å². The van der Waals surface area contributed by atoms with Crippen LogP contribution in [0.5, 0.6) is 0 Å². The topological polar surface area (TPSA) is 69.6 Å². The predicted molar refractivity (Wildman–Crippen MR) is 107 cm³/mol. The van der Waals surface area contributed by atoms with Gasteiger partial charge in [-0.05, 0) is 56.2 Å². The number of para-hydroxylation sites is 1. The number of hydrogen-bond acceptors (Lipinski definition) is 6. The highest BCUT2D eigenvalue weighted by Crippen LogP contribution is 2.41. The monoisotopic (exact) mass is 407 g/mol. The molecule has 4 aromatic rings. The minimum atomic E-state index is -0.302. The van der Waals surface area contributed by atoms with E-state index in [0.717, 1.165) is 24.4 Å². The van der Waals surface area contributed by atoms with E-state index in [1.54, 1.807) is 12.1 Å². The summed E-state index contributed by atoms with van der Waals surface area (Å²) in [7, 11) is 0. The number of benzene rings is 2. The van der Waals surface area contributed by atoms with Crippen molar-refractivity contribution in [2.24, 2.45) is 0 Å². The average Bonchev–Trinajstić information content (AvgIpc) is 3.31. The third-order valence-corrected chi connectivity index (χ3v) is 5.66. The van der Waals surface area contributed by atoms with E-state index in [0.29, 0.717) is 28.4 Å². The van der Waals surface area contributed by atoms with Gasteiger partial charge in [-0.1, -0.05) is 30.0 Å². The fourth-order valence-corrected chi connectivity index (χ4v) is 3.82. The van der Waals surface area contributed by atoms with Gasteiger partial charge >= 0.3 is 0 Å². The van der Waals surface area contributed by atoms with Crippen LogP contribution in [0.2, 0.25) is 0 Å². The highest BCUT2D eigenvalue weighted by atomic mass is 32.2. The van der Waals surface area contributed by atoms with E-state index in [-0.39, 0.29) is 11.1 Å². The Hall–Kier alpha value is -3.00. The number of hydrogen-bond donors (Lipinski definition) is 0. The standard InChI is InChI=1S/C21H18FN5OS/c1-13(19-24-25-20(28-19)15-9-11-16(22)12-10-15)29-21-23-18(14-7-8-14)27(26-21)17-5-3-2-4-6-17/h2-6,9-14H,7-8H2,1H3/t13-/m0/s1. The molecule has 1 atom stereocenters. The molecule has 2 aromatic heterocycles. The summed E-state index contributed by atoms with van der Waals surface area (Å²) in [6.45, 7) is 1.98. The molecule has 146 valence electrons. The quantitative estimate of drug-likeness (QED) is 0.410.